The maximum atomic E-state index is 12.6. The van der Waals surface area contributed by atoms with Gasteiger partial charge in [0.15, 0.2) is 5.82 Å². The first kappa shape index (κ1) is 17.7. The normalized spacial score (nSPS) is 22.3. The van der Waals surface area contributed by atoms with Crippen molar-refractivity contribution in [3.63, 3.8) is 0 Å². The molecule has 0 aromatic carbocycles. The Hall–Kier alpha value is -2.39. The van der Waals surface area contributed by atoms with Crippen LogP contribution in [0, 0.1) is 5.92 Å². The van der Waals surface area contributed by atoms with Crippen LogP contribution in [0.15, 0.2) is 46.7 Å². The van der Waals surface area contributed by atoms with E-state index in [0.29, 0.717) is 30.0 Å². The summed E-state index contributed by atoms with van der Waals surface area (Å²) < 4.78 is 0. The molecule has 3 aromatic rings. The molecule has 0 aliphatic carbocycles. The third kappa shape index (κ3) is 3.40. The highest BCUT2D eigenvalue weighted by molar-refractivity contribution is 7.10. The van der Waals surface area contributed by atoms with Crippen LogP contribution in [0.4, 0.5) is 0 Å². The Morgan fingerprint density at radius 2 is 2.21 bits per heavy atom. The summed E-state index contributed by atoms with van der Waals surface area (Å²) in [4.78, 5) is 28.3. The maximum absolute atomic E-state index is 12.6. The average molecular weight is 395 g/mol. The molecule has 3 N–H and O–H groups in total. The molecule has 8 heteroatoms. The van der Waals surface area contributed by atoms with Crippen LogP contribution >= 0.6 is 11.3 Å². The van der Waals surface area contributed by atoms with Gasteiger partial charge in [0.2, 0.25) is 0 Å². The number of H-pyrrole nitrogens is 1. The third-order valence-corrected chi connectivity index (χ3v) is 6.45. The minimum absolute atomic E-state index is 0.0361. The summed E-state index contributed by atoms with van der Waals surface area (Å²) in [6.45, 7) is 3.49. The summed E-state index contributed by atoms with van der Waals surface area (Å²) in [6.07, 6.45) is 2.45. The molecule has 3 aromatic heterocycles. The van der Waals surface area contributed by atoms with Gasteiger partial charge in [0.25, 0.3) is 5.56 Å². The zero-order valence-corrected chi connectivity index (χ0v) is 16.2. The topological polar surface area (TPSA) is 85.9 Å². The Balaban J connectivity index is 1.36. The second-order valence-corrected chi connectivity index (χ2v) is 8.30. The number of pyridine rings is 1. The molecule has 7 nitrogen and oxygen atoms in total. The van der Waals surface area contributed by atoms with Crippen LogP contribution in [-0.2, 0) is 13.0 Å². The van der Waals surface area contributed by atoms with Gasteiger partial charge in [-0.2, -0.15) is 0 Å². The number of aromatic amines is 1. The van der Waals surface area contributed by atoms with Gasteiger partial charge in [0.1, 0.15) is 5.69 Å². The molecule has 0 spiro atoms. The second kappa shape index (κ2) is 7.56. The van der Waals surface area contributed by atoms with Gasteiger partial charge in [0.05, 0.1) is 11.7 Å². The molecule has 1 saturated heterocycles. The Morgan fingerprint density at radius 3 is 3.04 bits per heavy atom. The highest BCUT2D eigenvalue weighted by Gasteiger charge is 2.32. The van der Waals surface area contributed by atoms with Gasteiger partial charge in [-0.3, -0.25) is 20.1 Å². The standard InChI is InChI=1S/C20H22N6OS/c27-20-14-6-8-26(11-13-10-22-25-18(13)17-5-3-9-28-17)12-16(14)23-19(24-20)15-4-1-2-7-21-15/h1-5,7,9,13,18,22,25H,6,8,10-12H2,(H,23,24,27). The van der Waals surface area contributed by atoms with Crippen LogP contribution in [0.2, 0.25) is 0 Å². The monoisotopic (exact) mass is 394 g/mol. The summed E-state index contributed by atoms with van der Waals surface area (Å²) >= 11 is 1.79. The van der Waals surface area contributed by atoms with Gasteiger partial charge in [0, 0.05) is 48.7 Å². The van der Waals surface area contributed by atoms with Crippen molar-refractivity contribution in [1.82, 2.24) is 30.7 Å². The van der Waals surface area contributed by atoms with Gasteiger partial charge < -0.3 is 4.98 Å². The molecule has 2 unspecified atom stereocenters. The summed E-state index contributed by atoms with van der Waals surface area (Å²) in [6, 6.07) is 10.2. The fourth-order valence-electron chi connectivity index (χ4n) is 4.08. The molecule has 5 rings (SSSR count). The minimum atomic E-state index is -0.0361. The van der Waals surface area contributed by atoms with E-state index in [-0.39, 0.29) is 5.56 Å². The number of aromatic nitrogens is 3. The van der Waals surface area contributed by atoms with Crippen molar-refractivity contribution < 1.29 is 0 Å². The molecule has 2 aliphatic heterocycles. The van der Waals surface area contributed by atoms with Crippen molar-refractivity contribution in [3.05, 3.63) is 68.4 Å². The van der Waals surface area contributed by atoms with Gasteiger partial charge in [-0.05, 0) is 30.0 Å². The van der Waals surface area contributed by atoms with Crippen molar-refractivity contribution in [1.29, 1.82) is 0 Å². The smallest absolute Gasteiger partial charge is 0.254 e. The van der Waals surface area contributed by atoms with Crippen LogP contribution < -0.4 is 16.4 Å². The number of hydrazine groups is 1. The van der Waals surface area contributed by atoms with Crippen LogP contribution in [0.25, 0.3) is 11.5 Å². The molecular weight excluding hydrogens is 372 g/mol. The Bertz CT molecular complexity index is 1000. The number of rotatable bonds is 4. The summed E-state index contributed by atoms with van der Waals surface area (Å²) in [5.74, 6) is 1.03. The molecule has 0 bridgehead atoms. The maximum Gasteiger partial charge on any atom is 0.254 e. The molecule has 2 atom stereocenters. The van der Waals surface area contributed by atoms with Gasteiger partial charge in [-0.15, -0.1) is 11.3 Å². The first-order valence-electron chi connectivity index (χ1n) is 9.55. The number of hydrogen-bond donors (Lipinski definition) is 3. The second-order valence-electron chi connectivity index (χ2n) is 7.32. The van der Waals surface area contributed by atoms with Crippen LogP contribution in [0.3, 0.4) is 0 Å². The summed E-state index contributed by atoms with van der Waals surface area (Å²) in [5.41, 5.74) is 9.07. The Morgan fingerprint density at radius 1 is 1.25 bits per heavy atom. The van der Waals surface area contributed by atoms with Crippen molar-refractivity contribution in [3.8, 4) is 11.5 Å². The predicted octanol–water partition coefficient (Wildman–Crippen LogP) is 1.72. The lowest BCUT2D eigenvalue weighted by Gasteiger charge is -2.31. The highest BCUT2D eigenvalue weighted by Crippen LogP contribution is 2.30. The quantitative estimate of drug-likeness (QED) is 0.625. The third-order valence-electron chi connectivity index (χ3n) is 5.50. The van der Waals surface area contributed by atoms with E-state index in [1.165, 1.54) is 4.88 Å². The summed E-state index contributed by atoms with van der Waals surface area (Å²) in [7, 11) is 0. The molecule has 1 fully saturated rings. The molecule has 28 heavy (non-hydrogen) atoms. The molecule has 0 radical (unpaired) electrons. The first-order valence-corrected chi connectivity index (χ1v) is 10.4. The SMILES string of the molecule is O=c1[nH]c(-c2ccccn2)nc2c1CCN(CC1CNNC1c1cccs1)C2. The first-order chi connectivity index (χ1) is 13.8. The fourth-order valence-corrected chi connectivity index (χ4v) is 4.95. The Kier molecular flexibility index (Phi) is 4.77. The van der Waals surface area contributed by atoms with Crippen molar-refractivity contribution in [2.45, 2.75) is 19.0 Å². The average Bonchev–Trinajstić information content (AvgIpc) is 3.40. The number of nitrogens with one attached hydrogen (secondary N) is 3. The van der Waals surface area contributed by atoms with Crippen LogP contribution in [0.5, 0.6) is 0 Å². The van der Waals surface area contributed by atoms with E-state index >= 15 is 0 Å². The number of nitrogens with zero attached hydrogens (tertiary/aromatic N) is 3. The number of hydrogen-bond acceptors (Lipinski definition) is 7. The van der Waals surface area contributed by atoms with E-state index in [2.05, 4.69) is 43.2 Å². The lowest BCUT2D eigenvalue weighted by atomic mass is 9.98. The lowest BCUT2D eigenvalue weighted by molar-refractivity contribution is 0.206. The van der Waals surface area contributed by atoms with Gasteiger partial charge in [-0.25, -0.2) is 10.4 Å². The molecule has 0 saturated carbocycles. The van der Waals surface area contributed by atoms with Crippen molar-refractivity contribution in [2.75, 3.05) is 19.6 Å². The van der Waals surface area contributed by atoms with Crippen LogP contribution in [0.1, 0.15) is 22.2 Å². The molecule has 5 heterocycles. The minimum Gasteiger partial charge on any atom is -0.305 e. The van der Waals surface area contributed by atoms with Crippen molar-refractivity contribution >= 4 is 11.3 Å². The predicted molar refractivity (Wildman–Crippen MR) is 109 cm³/mol. The number of fused-ring (bicyclic) bond motifs is 1. The van der Waals surface area contributed by atoms with E-state index in [0.717, 1.165) is 37.3 Å². The zero-order chi connectivity index (χ0) is 18.9. The van der Waals surface area contributed by atoms with Gasteiger partial charge in [-0.1, -0.05) is 12.1 Å². The van der Waals surface area contributed by atoms with E-state index in [9.17, 15) is 4.79 Å². The Labute approximate surface area is 166 Å². The number of thiophene rings is 1. The van der Waals surface area contributed by atoms with E-state index in [1.807, 2.05) is 18.2 Å². The molecule has 2 aliphatic rings. The van der Waals surface area contributed by atoms with Crippen molar-refractivity contribution in [2.24, 2.45) is 5.92 Å². The van der Waals surface area contributed by atoms with E-state index in [4.69, 9.17) is 4.98 Å². The largest absolute Gasteiger partial charge is 0.305 e. The lowest BCUT2D eigenvalue weighted by Crippen LogP contribution is -2.39. The van der Waals surface area contributed by atoms with Crippen LogP contribution in [-0.4, -0.2) is 39.5 Å². The van der Waals surface area contributed by atoms with E-state index in [1.54, 1.807) is 17.5 Å². The fraction of sp³-hybridized carbons (Fsp3) is 0.350. The molecular formula is C20H22N6OS. The summed E-state index contributed by atoms with van der Waals surface area (Å²) in [5, 5.41) is 2.12. The highest BCUT2D eigenvalue weighted by atomic mass is 32.1. The van der Waals surface area contributed by atoms with E-state index < -0.39 is 0 Å². The molecule has 144 valence electrons. The van der Waals surface area contributed by atoms with Gasteiger partial charge >= 0.3 is 0 Å². The molecule has 0 amide bonds. The zero-order valence-electron chi connectivity index (χ0n) is 15.4.